The van der Waals surface area contributed by atoms with Crippen molar-refractivity contribution in [2.24, 2.45) is 0 Å². The van der Waals surface area contributed by atoms with Gasteiger partial charge in [0, 0.05) is 36.0 Å². The predicted molar refractivity (Wildman–Crippen MR) is 88.6 cm³/mol. The van der Waals surface area contributed by atoms with Gasteiger partial charge in [-0.1, -0.05) is 6.07 Å². The molecule has 2 heterocycles. The van der Waals surface area contributed by atoms with Gasteiger partial charge in [0.25, 0.3) is 5.91 Å². The zero-order valence-corrected chi connectivity index (χ0v) is 13.5. The second-order valence-electron chi connectivity index (χ2n) is 5.98. The minimum absolute atomic E-state index is 0.0271. The van der Waals surface area contributed by atoms with Crippen LogP contribution >= 0.6 is 0 Å². The van der Waals surface area contributed by atoms with E-state index < -0.39 is 12.2 Å². The second-order valence-corrected chi connectivity index (χ2v) is 5.98. The minimum Gasteiger partial charge on any atom is -0.395 e. The van der Waals surface area contributed by atoms with E-state index in [2.05, 4.69) is 14.8 Å². The van der Waals surface area contributed by atoms with Crippen molar-refractivity contribution in [3.05, 3.63) is 48.0 Å². The van der Waals surface area contributed by atoms with Crippen LogP contribution in [0, 0.1) is 0 Å². The van der Waals surface area contributed by atoms with Gasteiger partial charge in [-0.2, -0.15) is 0 Å². The van der Waals surface area contributed by atoms with E-state index in [1.807, 2.05) is 0 Å². The molecule has 0 spiro atoms. The molecule has 0 atom stereocenters. The summed E-state index contributed by atoms with van der Waals surface area (Å²) in [5.41, 5.74) is 1.30. The summed E-state index contributed by atoms with van der Waals surface area (Å²) < 4.78 is 34.8. The number of fused-ring (bicyclic) bond motifs is 1. The van der Waals surface area contributed by atoms with Crippen LogP contribution in [0.5, 0.6) is 11.5 Å². The molecule has 2 aromatic carbocycles. The molecule has 2 amide bonds. The van der Waals surface area contributed by atoms with E-state index in [-0.39, 0.29) is 23.1 Å². The molecule has 134 valence electrons. The molecule has 2 aliphatic rings. The van der Waals surface area contributed by atoms with Crippen LogP contribution < -0.4 is 19.7 Å². The molecule has 1 saturated heterocycles. The van der Waals surface area contributed by atoms with E-state index in [1.54, 1.807) is 29.2 Å². The summed E-state index contributed by atoms with van der Waals surface area (Å²) in [4.78, 5) is 25.9. The van der Waals surface area contributed by atoms with Gasteiger partial charge in [-0.25, -0.2) is 0 Å². The SMILES string of the molecule is O=C(Nc1ccc2c(c1)OC(F)(F)O2)c1cccc(N2CCCC2=O)c1. The lowest BCUT2D eigenvalue weighted by Crippen LogP contribution is -2.25. The predicted octanol–water partition coefficient (Wildman–Crippen LogP) is 3.39. The summed E-state index contributed by atoms with van der Waals surface area (Å²) in [5, 5.41) is 2.62. The molecule has 8 heteroatoms. The first-order valence-corrected chi connectivity index (χ1v) is 8.03. The van der Waals surface area contributed by atoms with Crippen LogP contribution in [0.15, 0.2) is 42.5 Å². The van der Waals surface area contributed by atoms with E-state index in [1.165, 1.54) is 18.2 Å². The fourth-order valence-corrected chi connectivity index (χ4v) is 2.97. The molecule has 0 aliphatic carbocycles. The van der Waals surface area contributed by atoms with Gasteiger partial charge in [-0.3, -0.25) is 9.59 Å². The third kappa shape index (κ3) is 3.05. The Morgan fingerprint density at radius 1 is 1.12 bits per heavy atom. The Balaban J connectivity index is 1.52. The van der Waals surface area contributed by atoms with Gasteiger partial charge in [0.15, 0.2) is 11.5 Å². The molecule has 0 aromatic heterocycles. The highest BCUT2D eigenvalue weighted by Crippen LogP contribution is 2.42. The smallest absolute Gasteiger partial charge is 0.395 e. The van der Waals surface area contributed by atoms with E-state index >= 15 is 0 Å². The number of anilines is 2. The maximum absolute atomic E-state index is 13.1. The quantitative estimate of drug-likeness (QED) is 0.911. The summed E-state index contributed by atoms with van der Waals surface area (Å²) in [5.74, 6) is -0.643. The number of rotatable bonds is 3. The average Bonchev–Trinajstić information content (AvgIpc) is 3.15. The average molecular weight is 360 g/mol. The van der Waals surface area contributed by atoms with Crippen molar-refractivity contribution in [1.82, 2.24) is 0 Å². The van der Waals surface area contributed by atoms with Crippen molar-refractivity contribution in [2.75, 3.05) is 16.8 Å². The van der Waals surface area contributed by atoms with Crippen LogP contribution in [-0.2, 0) is 4.79 Å². The van der Waals surface area contributed by atoms with Gasteiger partial charge in [0.05, 0.1) is 0 Å². The molecule has 1 N–H and O–H groups in total. The Morgan fingerprint density at radius 3 is 2.69 bits per heavy atom. The third-order valence-corrected chi connectivity index (χ3v) is 4.15. The number of carbonyl (C=O) groups excluding carboxylic acids is 2. The van der Waals surface area contributed by atoms with E-state index in [0.717, 1.165) is 6.42 Å². The van der Waals surface area contributed by atoms with E-state index in [4.69, 9.17) is 0 Å². The Morgan fingerprint density at radius 2 is 1.92 bits per heavy atom. The standard InChI is InChI=1S/C18H14F2N2O4/c19-18(20)25-14-7-6-12(10-15(14)26-18)21-17(24)11-3-1-4-13(9-11)22-8-2-5-16(22)23/h1,3-4,6-7,9-10H,2,5,8H2,(H,21,24). The summed E-state index contributed by atoms with van der Waals surface area (Å²) in [6.07, 6.45) is -2.42. The van der Waals surface area contributed by atoms with Gasteiger partial charge >= 0.3 is 6.29 Å². The number of nitrogens with zero attached hydrogens (tertiary/aromatic N) is 1. The number of hydrogen-bond acceptors (Lipinski definition) is 4. The van der Waals surface area contributed by atoms with Gasteiger partial charge in [0.1, 0.15) is 0 Å². The van der Waals surface area contributed by atoms with Crippen LogP contribution in [0.2, 0.25) is 0 Å². The Kier molecular flexibility index (Phi) is 3.75. The lowest BCUT2D eigenvalue weighted by Gasteiger charge is -2.16. The number of amides is 2. The molecule has 2 aliphatic heterocycles. The molecule has 0 bridgehead atoms. The second kappa shape index (κ2) is 5.98. The van der Waals surface area contributed by atoms with Gasteiger partial charge in [-0.05, 0) is 36.8 Å². The van der Waals surface area contributed by atoms with E-state index in [9.17, 15) is 18.4 Å². The Labute approximate surface area is 147 Å². The highest BCUT2D eigenvalue weighted by molar-refractivity contribution is 6.05. The lowest BCUT2D eigenvalue weighted by atomic mass is 10.1. The molecule has 4 rings (SSSR count). The molecule has 1 fully saturated rings. The molecule has 0 unspecified atom stereocenters. The zero-order valence-electron chi connectivity index (χ0n) is 13.5. The maximum Gasteiger partial charge on any atom is 0.586 e. The monoisotopic (exact) mass is 360 g/mol. The number of carbonyl (C=O) groups is 2. The molecule has 26 heavy (non-hydrogen) atoms. The van der Waals surface area contributed by atoms with Gasteiger partial charge in [-0.15, -0.1) is 8.78 Å². The summed E-state index contributed by atoms with van der Waals surface area (Å²) in [6.45, 7) is 0.625. The summed E-state index contributed by atoms with van der Waals surface area (Å²) in [6, 6.07) is 10.7. The van der Waals surface area contributed by atoms with Crippen molar-refractivity contribution in [1.29, 1.82) is 0 Å². The first kappa shape index (κ1) is 16.3. The third-order valence-electron chi connectivity index (χ3n) is 4.15. The van der Waals surface area contributed by atoms with Crippen molar-refractivity contribution in [3.63, 3.8) is 0 Å². The maximum atomic E-state index is 13.1. The van der Waals surface area contributed by atoms with Gasteiger partial charge < -0.3 is 19.7 Å². The number of alkyl halides is 2. The minimum atomic E-state index is -3.71. The summed E-state index contributed by atoms with van der Waals surface area (Å²) >= 11 is 0. The van der Waals surface area contributed by atoms with Crippen LogP contribution in [-0.4, -0.2) is 24.7 Å². The van der Waals surface area contributed by atoms with Crippen molar-refractivity contribution >= 4 is 23.2 Å². The van der Waals surface area contributed by atoms with E-state index in [0.29, 0.717) is 24.2 Å². The first-order chi connectivity index (χ1) is 12.4. The normalized spacial score (nSPS) is 17.5. The molecule has 6 nitrogen and oxygen atoms in total. The highest BCUT2D eigenvalue weighted by atomic mass is 19.3. The van der Waals surface area contributed by atoms with Crippen molar-refractivity contribution in [3.8, 4) is 11.5 Å². The van der Waals surface area contributed by atoms with Crippen LogP contribution in [0.4, 0.5) is 20.2 Å². The zero-order chi connectivity index (χ0) is 18.3. The molecular formula is C18H14F2N2O4. The Bertz CT molecular complexity index is 901. The molecule has 0 radical (unpaired) electrons. The highest BCUT2D eigenvalue weighted by Gasteiger charge is 2.43. The largest absolute Gasteiger partial charge is 0.586 e. The lowest BCUT2D eigenvalue weighted by molar-refractivity contribution is -0.286. The summed E-state index contributed by atoms with van der Waals surface area (Å²) in [7, 11) is 0. The molecule has 2 aromatic rings. The molecular weight excluding hydrogens is 346 g/mol. The molecule has 0 saturated carbocycles. The van der Waals surface area contributed by atoms with Crippen LogP contribution in [0.3, 0.4) is 0 Å². The number of halogens is 2. The first-order valence-electron chi connectivity index (χ1n) is 8.03. The number of hydrogen-bond donors (Lipinski definition) is 1. The fourth-order valence-electron chi connectivity index (χ4n) is 2.97. The Hall–Kier alpha value is -3.16. The number of nitrogens with one attached hydrogen (secondary N) is 1. The van der Waals surface area contributed by atoms with Crippen LogP contribution in [0.25, 0.3) is 0 Å². The number of ether oxygens (including phenoxy) is 2. The topological polar surface area (TPSA) is 67.9 Å². The van der Waals surface area contributed by atoms with Gasteiger partial charge in [0.2, 0.25) is 5.91 Å². The number of benzene rings is 2. The van der Waals surface area contributed by atoms with Crippen LogP contribution in [0.1, 0.15) is 23.2 Å². The van der Waals surface area contributed by atoms with Crippen molar-refractivity contribution in [2.45, 2.75) is 19.1 Å². The van der Waals surface area contributed by atoms with Crippen molar-refractivity contribution < 1.29 is 27.8 Å². The fraction of sp³-hybridized carbons (Fsp3) is 0.222.